The molecule has 2 saturated carbocycles. The Hall–Kier alpha value is -7.61. The second-order valence-electron chi connectivity index (χ2n) is 23.5. The van der Waals surface area contributed by atoms with Crippen molar-refractivity contribution in [2.24, 2.45) is 16.7 Å². The molecule has 4 aromatic rings. The lowest BCUT2D eigenvalue weighted by Crippen LogP contribution is -2.82. The number of ketones is 1. The molecule has 0 spiro atoms. The van der Waals surface area contributed by atoms with Crippen molar-refractivity contribution >= 4 is 42.1 Å². The second-order valence-corrected chi connectivity index (χ2v) is 23.5. The highest BCUT2D eigenvalue weighted by atomic mass is 16.7. The Labute approximate surface area is 470 Å². The number of hydrogen-bond donors (Lipinski definition) is 1. The van der Waals surface area contributed by atoms with Gasteiger partial charge in [0.25, 0.3) is 0 Å². The van der Waals surface area contributed by atoms with Crippen molar-refractivity contribution in [1.82, 2.24) is 4.90 Å². The van der Waals surface area contributed by atoms with E-state index >= 15 is 9.59 Å². The van der Waals surface area contributed by atoms with Gasteiger partial charge in [-0.25, -0.2) is 24.0 Å². The molecule has 3 aliphatic carbocycles. The van der Waals surface area contributed by atoms with Crippen LogP contribution >= 0.6 is 0 Å². The van der Waals surface area contributed by atoms with Crippen LogP contribution in [-0.4, -0.2) is 118 Å². The minimum atomic E-state index is -2.53. The normalized spacial score (nSPS) is 29.9. The number of benzene rings is 4. The van der Waals surface area contributed by atoms with E-state index in [1.807, 2.05) is 0 Å². The van der Waals surface area contributed by atoms with Gasteiger partial charge in [-0.1, -0.05) is 123 Å². The van der Waals surface area contributed by atoms with Gasteiger partial charge in [0.1, 0.15) is 60.6 Å². The number of nitrogens with zero attached hydrogens (tertiary/aromatic N) is 1. The molecule has 81 heavy (non-hydrogen) atoms. The van der Waals surface area contributed by atoms with E-state index in [0.29, 0.717) is 16.7 Å². The molecule has 1 amide bonds. The van der Waals surface area contributed by atoms with Crippen LogP contribution < -0.4 is 0 Å². The van der Waals surface area contributed by atoms with Gasteiger partial charge in [0, 0.05) is 25.2 Å². The van der Waals surface area contributed by atoms with Crippen molar-refractivity contribution in [1.29, 1.82) is 0 Å². The molecule has 1 unspecified atom stereocenters. The van der Waals surface area contributed by atoms with Crippen molar-refractivity contribution in [3.8, 4) is 0 Å². The van der Waals surface area contributed by atoms with Gasteiger partial charge in [0.15, 0.2) is 23.6 Å². The van der Waals surface area contributed by atoms with Gasteiger partial charge in [-0.3, -0.25) is 14.5 Å². The molecule has 2 aliphatic heterocycles. The summed E-state index contributed by atoms with van der Waals surface area (Å²) in [5, 5.41) is 14.4. The first-order valence-corrected chi connectivity index (χ1v) is 27.0. The minimum absolute atomic E-state index is 0.0284. The molecule has 19 heteroatoms. The van der Waals surface area contributed by atoms with Gasteiger partial charge in [-0.2, -0.15) is 0 Å². The first-order chi connectivity index (χ1) is 38.2. The Balaban J connectivity index is 1.23. The zero-order chi connectivity index (χ0) is 58.5. The van der Waals surface area contributed by atoms with Gasteiger partial charge in [-0.15, -0.1) is 0 Å². The van der Waals surface area contributed by atoms with Crippen LogP contribution in [-0.2, 0) is 75.0 Å². The fraction of sp³-hybridized carbons (Fsp3) is 0.468. The molecular weight excluding hydrogens is 1050 g/mol. The molecule has 4 aromatic carbocycles. The molecule has 0 aromatic heterocycles. The summed E-state index contributed by atoms with van der Waals surface area (Å²) in [4.78, 5) is 104. The number of aliphatic hydroxyl groups is 1. The van der Waals surface area contributed by atoms with Gasteiger partial charge in [0.2, 0.25) is 0 Å². The third-order valence-electron chi connectivity index (χ3n) is 16.5. The van der Waals surface area contributed by atoms with E-state index < -0.39 is 137 Å². The molecule has 0 radical (unpaired) electrons. The number of hydrogen-bond acceptors (Lipinski definition) is 18. The Morgan fingerprint density at radius 3 is 1.80 bits per heavy atom. The minimum Gasteiger partial charge on any atom is -0.456 e. The summed E-state index contributed by atoms with van der Waals surface area (Å²) in [6, 6.07) is 32.8. The van der Waals surface area contributed by atoms with Crippen LogP contribution in [0, 0.1) is 16.7 Å². The lowest BCUT2D eigenvalue weighted by molar-refractivity contribution is -0.346. The monoisotopic (exact) mass is 1120 g/mol. The van der Waals surface area contributed by atoms with E-state index in [9.17, 15) is 29.1 Å². The summed E-state index contributed by atoms with van der Waals surface area (Å²) in [5.41, 5.74) is -9.21. The maximum Gasteiger partial charge on any atom is 0.509 e. The molecule has 2 bridgehead atoms. The second kappa shape index (κ2) is 22.0. The van der Waals surface area contributed by atoms with Crippen molar-refractivity contribution in [2.45, 2.75) is 160 Å². The molecule has 9 rings (SSSR count). The van der Waals surface area contributed by atoms with Gasteiger partial charge < -0.3 is 52.5 Å². The molecule has 2 saturated heterocycles. The largest absolute Gasteiger partial charge is 0.509 e. The lowest BCUT2D eigenvalue weighted by Gasteiger charge is -2.67. The third-order valence-corrected chi connectivity index (χ3v) is 16.5. The summed E-state index contributed by atoms with van der Waals surface area (Å²) in [5.74, 6) is -5.50. The highest BCUT2D eigenvalue weighted by molar-refractivity contribution is 5.96. The molecule has 19 nitrogen and oxygen atoms in total. The van der Waals surface area contributed by atoms with E-state index in [-0.39, 0.29) is 36.3 Å². The summed E-state index contributed by atoms with van der Waals surface area (Å²) < 4.78 is 61.8. The van der Waals surface area contributed by atoms with Crippen molar-refractivity contribution in [3.63, 3.8) is 0 Å². The molecule has 5 aliphatic rings. The third kappa shape index (κ3) is 10.9. The van der Waals surface area contributed by atoms with Gasteiger partial charge >= 0.3 is 36.3 Å². The van der Waals surface area contributed by atoms with Gasteiger partial charge in [0.05, 0.1) is 23.5 Å². The highest BCUT2D eigenvalue weighted by Gasteiger charge is 2.79. The van der Waals surface area contributed by atoms with Crippen molar-refractivity contribution in [3.05, 3.63) is 155 Å². The lowest BCUT2D eigenvalue weighted by atomic mass is 9.44. The molecule has 4 fully saturated rings. The number of fused-ring (bicyclic) bond motifs is 5. The standard InChI is InChI=1S/C62H69NO18/c1-36-42(75-53(67)48-46(40-27-19-13-20-28-40)63(59(8,9)80-48)54(68)81-57(3,4)5)32-62(71)51(78-52(66)41-29-21-14-22-30-41)49-60(10,50(65)47(45(36)58(62,6)7)77-56(70)73-34-39-25-17-12-18-26-39)43(31-44-61(49,35-74-44)79-37(2)64)76-55(69)72-33-38-23-15-11-16-24-38/h11-30,42-44,46-49,51,71H,31-35H2,1-10H3/t42?,43-,44+,46-,47+,48-,49-,51-,60+,61-,62+/m0/s1. The van der Waals surface area contributed by atoms with Crippen LogP contribution in [0.2, 0.25) is 0 Å². The Morgan fingerprint density at radius 1 is 0.728 bits per heavy atom. The summed E-state index contributed by atoms with van der Waals surface area (Å²) in [6.07, 6.45) is -14.1. The SMILES string of the molecule is CC(=O)O[C@@]12CO[C@@H]1C[C@H](OC(=O)OCc1ccccc1)[C@@]1(C)C(=O)[C@H](OC(=O)OCc3ccccc3)C3=C(C)C(OC(=O)[C@H]4OC(C)(C)N(C(=O)OC(C)(C)C)[C@H]4c4ccccc4)C[C@@](O)([C@@H](OC(=O)c4ccccc4)[C@H]21)C3(C)C. The first-order valence-electron chi connectivity index (χ1n) is 27.0. The predicted molar refractivity (Wildman–Crippen MR) is 286 cm³/mol. The van der Waals surface area contributed by atoms with Crippen LogP contribution in [0.25, 0.3) is 0 Å². The molecule has 2 heterocycles. The molecule has 11 atom stereocenters. The number of Topliss-reactive ketones (excluding diaryl/α,β-unsaturated/α-hetero) is 1. The zero-order valence-electron chi connectivity index (χ0n) is 47.0. The van der Waals surface area contributed by atoms with Crippen LogP contribution in [0.15, 0.2) is 132 Å². The van der Waals surface area contributed by atoms with Crippen LogP contribution in [0.4, 0.5) is 14.4 Å². The van der Waals surface area contributed by atoms with Crippen LogP contribution in [0.1, 0.15) is 115 Å². The van der Waals surface area contributed by atoms with Gasteiger partial charge in [-0.05, 0) is 88.4 Å². The Bertz CT molecular complexity index is 3070. The van der Waals surface area contributed by atoms with E-state index in [4.69, 9.17) is 47.4 Å². The average Bonchev–Trinajstić information content (AvgIpc) is 3.80. The number of carbonyl (C=O) groups excluding carboxylic acids is 7. The van der Waals surface area contributed by atoms with E-state index in [2.05, 4.69) is 0 Å². The Morgan fingerprint density at radius 2 is 1.27 bits per heavy atom. The summed E-state index contributed by atoms with van der Waals surface area (Å²) in [6.45, 7) is 14.6. The number of amides is 1. The van der Waals surface area contributed by atoms with E-state index in [1.165, 1.54) is 24.0 Å². The molecule has 1 N–H and O–H groups in total. The Kier molecular flexibility index (Phi) is 15.8. The number of esters is 3. The molecular formula is C62H69NO18. The number of carbonyl (C=O) groups is 7. The van der Waals surface area contributed by atoms with Crippen LogP contribution in [0.5, 0.6) is 0 Å². The van der Waals surface area contributed by atoms with Crippen molar-refractivity contribution in [2.75, 3.05) is 6.61 Å². The summed E-state index contributed by atoms with van der Waals surface area (Å²) >= 11 is 0. The fourth-order valence-electron chi connectivity index (χ4n) is 12.6. The van der Waals surface area contributed by atoms with E-state index in [0.717, 1.165) is 6.92 Å². The smallest absolute Gasteiger partial charge is 0.456 e. The first kappa shape index (κ1) is 58.1. The molecule has 430 valence electrons. The fourth-order valence-corrected chi connectivity index (χ4v) is 12.6. The number of ether oxygens (including phenoxy) is 10. The highest BCUT2D eigenvalue weighted by Crippen LogP contribution is 2.65. The number of rotatable bonds is 12. The topological polar surface area (TPSA) is 235 Å². The predicted octanol–water partition coefficient (Wildman–Crippen LogP) is 9.47. The van der Waals surface area contributed by atoms with Crippen molar-refractivity contribution < 1.29 is 86.0 Å². The average molecular weight is 1120 g/mol. The maximum atomic E-state index is 16.7. The van der Waals surface area contributed by atoms with Crippen LogP contribution in [0.3, 0.4) is 0 Å². The maximum absolute atomic E-state index is 16.7. The quantitative estimate of drug-likeness (QED) is 0.0790. The summed E-state index contributed by atoms with van der Waals surface area (Å²) in [7, 11) is 0. The van der Waals surface area contributed by atoms with E-state index in [1.54, 1.807) is 165 Å². The zero-order valence-corrected chi connectivity index (χ0v) is 47.0.